The largest absolute Gasteiger partial charge is 0.456 e. The quantitative estimate of drug-likeness (QED) is 0.711. The van der Waals surface area contributed by atoms with Crippen molar-refractivity contribution in [3.63, 3.8) is 0 Å². The summed E-state index contributed by atoms with van der Waals surface area (Å²) in [6, 6.07) is 4.48. The van der Waals surface area contributed by atoms with Gasteiger partial charge < -0.3 is 9.47 Å². The molecule has 0 bridgehead atoms. The van der Waals surface area contributed by atoms with Crippen molar-refractivity contribution in [2.45, 2.75) is 64.7 Å². The van der Waals surface area contributed by atoms with Crippen LogP contribution in [0.25, 0.3) is 0 Å². The van der Waals surface area contributed by atoms with E-state index in [9.17, 15) is 9.18 Å². The average Bonchev–Trinajstić information content (AvgIpc) is 3.58. The van der Waals surface area contributed by atoms with Crippen LogP contribution >= 0.6 is 0 Å². The molecule has 156 valence electrons. The summed E-state index contributed by atoms with van der Waals surface area (Å²) < 4.78 is 25.7. The van der Waals surface area contributed by atoms with Gasteiger partial charge in [0.05, 0.1) is 11.3 Å². The highest BCUT2D eigenvalue weighted by atomic mass is 19.1. The second-order valence-corrected chi connectivity index (χ2v) is 9.95. The van der Waals surface area contributed by atoms with E-state index in [0.29, 0.717) is 5.69 Å². The van der Waals surface area contributed by atoms with Gasteiger partial charge in [-0.25, -0.2) is 9.18 Å². The lowest BCUT2D eigenvalue weighted by atomic mass is 10.1. The molecule has 0 radical (unpaired) electrons. The van der Waals surface area contributed by atoms with Gasteiger partial charge in [0.1, 0.15) is 17.6 Å². The maximum Gasteiger partial charge on any atom is 0.341 e. The topological polar surface area (TPSA) is 50.8 Å². The Balaban J connectivity index is 1.13. The van der Waals surface area contributed by atoms with E-state index in [1.165, 1.54) is 37.8 Å². The van der Waals surface area contributed by atoms with Crippen molar-refractivity contribution in [2.75, 3.05) is 11.6 Å². The predicted octanol–water partition coefficient (Wildman–Crippen LogP) is 4.54. The van der Waals surface area contributed by atoms with E-state index >= 15 is 0 Å². The number of benzene rings is 1. The normalized spacial score (nSPS) is 25.7. The minimum atomic E-state index is -0.662. The molecule has 1 N–H and O–H groups in total. The molecule has 1 heterocycles. The van der Waals surface area contributed by atoms with E-state index in [-0.39, 0.29) is 11.8 Å². The molecule has 0 saturated heterocycles. The van der Waals surface area contributed by atoms with Crippen molar-refractivity contribution in [2.24, 2.45) is 16.7 Å². The molecular weight excluding hydrogens is 371 g/mol. The monoisotopic (exact) mass is 400 g/mol. The van der Waals surface area contributed by atoms with Crippen LogP contribution in [-0.2, 0) is 9.47 Å². The lowest BCUT2D eigenvalue weighted by molar-refractivity contribution is 0.00647. The van der Waals surface area contributed by atoms with Crippen molar-refractivity contribution in [1.82, 2.24) is 5.43 Å². The zero-order chi connectivity index (χ0) is 20.4. The van der Waals surface area contributed by atoms with E-state index in [1.54, 1.807) is 31.8 Å². The number of ether oxygens (including phenoxy) is 2. The van der Waals surface area contributed by atoms with Gasteiger partial charge in [0.15, 0.2) is 0 Å². The fourth-order valence-corrected chi connectivity index (χ4v) is 5.46. The zero-order valence-corrected chi connectivity index (χ0v) is 17.3. The summed E-state index contributed by atoms with van der Waals surface area (Å²) in [5.41, 5.74) is 4.52. The summed E-state index contributed by atoms with van der Waals surface area (Å²) in [4.78, 5) is 12.1. The van der Waals surface area contributed by atoms with Gasteiger partial charge in [-0.3, -0.25) is 5.01 Å². The summed E-state index contributed by atoms with van der Waals surface area (Å²) in [6.07, 6.45) is 10.4. The van der Waals surface area contributed by atoms with Crippen LogP contribution in [0.2, 0.25) is 0 Å². The first kappa shape index (κ1) is 19.1. The summed E-state index contributed by atoms with van der Waals surface area (Å²) in [5, 5.41) is 1.72. The van der Waals surface area contributed by atoms with E-state index in [2.05, 4.69) is 5.43 Å². The Morgan fingerprint density at radius 1 is 1.24 bits per heavy atom. The van der Waals surface area contributed by atoms with Gasteiger partial charge in [-0.05, 0) is 93.9 Å². The van der Waals surface area contributed by atoms with Crippen molar-refractivity contribution in [3.05, 3.63) is 41.9 Å². The van der Waals surface area contributed by atoms with Gasteiger partial charge in [0.25, 0.3) is 0 Å². The molecule has 1 aromatic carbocycles. The van der Waals surface area contributed by atoms with E-state index in [1.807, 2.05) is 12.3 Å². The van der Waals surface area contributed by atoms with Gasteiger partial charge in [-0.2, -0.15) is 5.43 Å². The fraction of sp³-hybridized carbons (Fsp3) is 0.609. The first-order valence-corrected chi connectivity index (χ1v) is 10.6. The minimum Gasteiger partial charge on any atom is -0.456 e. The van der Waals surface area contributed by atoms with Gasteiger partial charge >= 0.3 is 5.97 Å². The SMILES string of the molecule is CC(C)(C)OC(=O)c1ccc(N2C=CC(OCCC3C4(CC4)C34CC4)N2)cc1F. The van der Waals surface area contributed by atoms with Crippen LogP contribution < -0.4 is 10.4 Å². The summed E-state index contributed by atoms with van der Waals surface area (Å²) in [7, 11) is 0. The summed E-state index contributed by atoms with van der Waals surface area (Å²) >= 11 is 0. The van der Waals surface area contributed by atoms with Crippen LogP contribution in [-0.4, -0.2) is 24.4 Å². The van der Waals surface area contributed by atoms with Crippen molar-refractivity contribution < 1.29 is 18.7 Å². The Labute approximate surface area is 171 Å². The van der Waals surface area contributed by atoms with Crippen LogP contribution in [0, 0.1) is 22.6 Å². The highest BCUT2D eigenvalue weighted by molar-refractivity contribution is 5.90. The van der Waals surface area contributed by atoms with Crippen LogP contribution in [0.4, 0.5) is 10.1 Å². The van der Waals surface area contributed by atoms with Crippen LogP contribution in [0.3, 0.4) is 0 Å². The van der Waals surface area contributed by atoms with Crippen molar-refractivity contribution >= 4 is 11.7 Å². The highest BCUT2D eigenvalue weighted by Crippen LogP contribution is 2.93. The molecule has 3 fully saturated rings. The smallest absolute Gasteiger partial charge is 0.341 e. The number of rotatable bonds is 6. The highest BCUT2D eigenvalue weighted by Gasteiger charge is 2.85. The number of halogens is 1. The molecule has 6 heteroatoms. The summed E-state index contributed by atoms with van der Waals surface area (Å²) in [5.74, 6) is -0.380. The Morgan fingerprint density at radius 3 is 2.52 bits per heavy atom. The number of hydrogen-bond donors (Lipinski definition) is 1. The number of carbonyl (C=O) groups excluding carboxylic acids is 1. The van der Waals surface area contributed by atoms with Crippen molar-refractivity contribution in [1.29, 1.82) is 0 Å². The van der Waals surface area contributed by atoms with Gasteiger partial charge in [-0.1, -0.05) is 0 Å². The molecule has 0 amide bonds. The van der Waals surface area contributed by atoms with Crippen LogP contribution in [0.1, 0.15) is 63.2 Å². The maximum absolute atomic E-state index is 14.5. The third-order valence-corrected chi connectivity index (χ3v) is 7.05. The molecule has 3 aliphatic carbocycles. The zero-order valence-electron chi connectivity index (χ0n) is 17.3. The summed E-state index contributed by atoms with van der Waals surface area (Å²) in [6.45, 7) is 6.02. The lowest BCUT2D eigenvalue weighted by Crippen LogP contribution is -2.37. The second-order valence-electron chi connectivity index (χ2n) is 9.95. The Kier molecular flexibility index (Phi) is 4.13. The molecule has 1 aliphatic heterocycles. The predicted molar refractivity (Wildman–Crippen MR) is 108 cm³/mol. The third kappa shape index (κ3) is 3.26. The van der Waals surface area contributed by atoms with E-state index < -0.39 is 17.4 Å². The number of carbonyl (C=O) groups is 1. The molecule has 4 aliphatic rings. The molecule has 3 saturated carbocycles. The number of nitrogens with zero attached hydrogens (tertiary/aromatic N) is 1. The standard InChI is InChI=1S/C23H29FN2O3/c1-21(2,3)29-20(27)16-5-4-15(14-17(16)24)26-12-6-19(25-26)28-13-7-18-22(8-9-22)23(18)10-11-23/h4-6,12,14,18-19,25H,7-11,13H2,1-3H3. The third-order valence-electron chi connectivity index (χ3n) is 7.05. The van der Waals surface area contributed by atoms with Gasteiger partial charge in [0, 0.05) is 12.8 Å². The van der Waals surface area contributed by atoms with Gasteiger partial charge in [0.2, 0.25) is 0 Å². The number of esters is 1. The molecule has 1 aromatic rings. The molecule has 1 atom stereocenters. The van der Waals surface area contributed by atoms with E-state index in [0.717, 1.165) is 29.8 Å². The van der Waals surface area contributed by atoms with Gasteiger partial charge in [-0.15, -0.1) is 0 Å². The van der Waals surface area contributed by atoms with Crippen LogP contribution in [0.5, 0.6) is 0 Å². The molecular formula is C23H29FN2O3. The first-order chi connectivity index (χ1) is 13.7. The Morgan fingerprint density at radius 2 is 1.93 bits per heavy atom. The second kappa shape index (κ2) is 6.29. The maximum atomic E-state index is 14.5. The molecule has 1 unspecified atom stereocenters. The number of anilines is 1. The first-order valence-electron chi connectivity index (χ1n) is 10.6. The number of hydrazine groups is 1. The number of nitrogens with one attached hydrogen (secondary N) is 1. The lowest BCUT2D eigenvalue weighted by Gasteiger charge is -2.22. The number of fused-ring (bicyclic) bond motifs is 1. The molecule has 5 nitrogen and oxygen atoms in total. The minimum absolute atomic E-state index is 0.0629. The molecule has 29 heavy (non-hydrogen) atoms. The van der Waals surface area contributed by atoms with Crippen molar-refractivity contribution in [3.8, 4) is 0 Å². The average molecular weight is 400 g/mol. The Bertz CT molecular complexity index is 849. The number of hydrogen-bond acceptors (Lipinski definition) is 5. The molecule has 5 rings (SSSR count). The Hall–Kier alpha value is -1.92. The molecule has 0 aromatic heterocycles. The fourth-order valence-electron chi connectivity index (χ4n) is 5.46. The molecule has 2 spiro atoms. The van der Waals surface area contributed by atoms with Crippen LogP contribution in [0.15, 0.2) is 30.5 Å². The van der Waals surface area contributed by atoms with E-state index in [4.69, 9.17) is 9.47 Å².